The van der Waals surface area contributed by atoms with Gasteiger partial charge >= 0.3 is 0 Å². The Bertz CT molecular complexity index is 637. The van der Waals surface area contributed by atoms with E-state index in [1.54, 1.807) is 11.1 Å². The molecule has 0 radical (unpaired) electrons. The van der Waals surface area contributed by atoms with Gasteiger partial charge in [-0.3, -0.25) is 4.68 Å². The van der Waals surface area contributed by atoms with Gasteiger partial charge in [0.25, 0.3) is 0 Å². The lowest BCUT2D eigenvalue weighted by Crippen LogP contribution is -2.35. The fourth-order valence-corrected chi connectivity index (χ4v) is 2.56. The molecule has 23 heavy (non-hydrogen) atoms. The third kappa shape index (κ3) is 4.49. The molecule has 0 bridgehead atoms. The fraction of sp³-hybridized carbons (Fsp3) is 0.562. The van der Waals surface area contributed by atoms with E-state index in [1.165, 1.54) is 0 Å². The van der Waals surface area contributed by atoms with Gasteiger partial charge in [-0.05, 0) is 20.3 Å². The zero-order chi connectivity index (χ0) is 16.7. The number of aryl methyl sites for hydroxylation is 2. The van der Waals surface area contributed by atoms with Crippen LogP contribution in [0, 0.1) is 18.4 Å². The molecule has 7 heteroatoms. The second kappa shape index (κ2) is 8.22. The van der Waals surface area contributed by atoms with E-state index in [2.05, 4.69) is 33.1 Å². The third-order valence-corrected chi connectivity index (χ3v) is 3.95. The summed E-state index contributed by atoms with van der Waals surface area (Å²) >= 11 is 0. The normalized spacial score (nSPS) is 11.9. The lowest BCUT2D eigenvalue weighted by Gasteiger charge is -2.24. The highest BCUT2D eigenvalue weighted by atomic mass is 15.4. The number of rotatable bonds is 9. The SMILES string of the molecule is CCc1nccn1CC(CCN(C#N)CC)Nn1ccnc1C. The molecule has 0 aliphatic carbocycles. The summed E-state index contributed by atoms with van der Waals surface area (Å²) in [7, 11) is 0. The van der Waals surface area contributed by atoms with Crippen LogP contribution >= 0.6 is 0 Å². The maximum Gasteiger partial charge on any atom is 0.179 e. The van der Waals surface area contributed by atoms with Gasteiger partial charge in [-0.15, -0.1) is 0 Å². The zero-order valence-corrected chi connectivity index (χ0v) is 14.1. The molecular formula is C16H25N7. The molecule has 7 nitrogen and oxygen atoms in total. The maximum atomic E-state index is 9.10. The van der Waals surface area contributed by atoms with E-state index >= 15 is 0 Å². The molecule has 2 heterocycles. The largest absolute Gasteiger partial charge is 0.333 e. The minimum Gasteiger partial charge on any atom is -0.333 e. The standard InChI is InChI=1S/C16H25N7/c1-4-16-19-7-10-22(16)12-15(6-9-21(5-2)13-17)20-23-11-8-18-14(23)3/h7-8,10-11,15,20H,4-6,9,12H2,1-3H3. The second-order valence-electron chi connectivity index (χ2n) is 5.49. The molecule has 0 spiro atoms. The summed E-state index contributed by atoms with van der Waals surface area (Å²) in [6, 6.07) is 0.185. The summed E-state index contributed by atoms with van der Waals surface area (Å²) in [5.74, 6) is 2.00. The van der Waals surface area contributed by atoms with Crippen LogP contribution in [-0.2, 0) is 13.0 Å². The summed E-state index contributed by atoms with van der Waals surface area (Å²) in [6.45, 7) is 8.34. The first kappa shape index (κ1) is 16.9. The Morgan fingerprint density at radius 1 is 1.30 bits per heavy atom. The molecule has 0 amide bonds. The van der Waals surface area contributed by atoms with Crippen LogP contribution in [-0.4, -0.2) is 43.2 Å². The Morgan fingerprint density at radius 3 is 2.70 bits per heavy atom. The smallest absolute Gasteiger partial charge is 0.179 e. The first-order valence-electron chi connectivity index (χ1n) is 8.09. The highest BCUT2D eigenvalue weighted by Gasteiger charge is 2.14. The van der Waals surface area contributed by atoms with E-state index in [0.29, 0.717) is 0 Å². The summed E-state index contributed by atoms with van der Waals surface area (Å²) < 4.78 is 4.11. The predicted molar refractivity (Wildman–Crippen MR) is 89.2 cm³/mol. The average molecular weight is 315 g/mol. The Hall–Kier alpha value is -2.49. The molecule has 0 aromatic carbocycles. The van der Waals surface area contributed by atoms with E-state index in [0.717, 1.165) is 44.1 Å². The van der Waals surface area contributed by atoms with Gasteiger partial charge in [0.2, 0.25) is 0 Å². The highest BCUT2D eigenvalue weighted by molar-refractivity contribution is 4.98. The molecular weight excluding hydrogens is 290 g/mol. The van der Waals surface area contributed by atoms with E-state index in [9.17, 15) is 0 Å². The summed E-state index contributed by atoms with van der Waals surface area (Å²) in [5.41, 5.74) is 3.49. The quantitative estimate of drug-likeness (QED) is 0.564. The minimum atomic E-state index is 0.185. The molecule has 0 saturated carbocycles. The molecule has 2 aromatic heterocycles. The van der Waals surface area contributed by atoms with Crippen molar-refractivity contribution in [3.05, 3.63) is 36.4 Å². The second-order valence-corrected chi connectivity index (χ2v) is 5.49. The zero-order valence-electron chi connectivity index (χ0n) is 14.1. The van der Waals surface area contributed by atoms with Crippen molar-refractivity contribution in [2.24, 2.45) is 0 Å². The Morgan fingerprint density at radius 2 is 2.09 bits per heavy atom. The molecule has 0 saturated heterocycles. The van der Waals surface area contributed by atoms with Crippen molar-refractivity contribution >= 4 is 0 Å². The molecule has 124 valence electrons. The molecule has 2 rings (SSSR count). The van der Waals surface area contributed by atoms with Gasteiger partial charge < -0.3 is 14.9 Å². The van der Waals surface area contributed by atoms with Crippen LogP contribution in [0.2, 0.25) is 0 Å². The number of hydrogen-bond donors (Lipinski definition) is 1. The van der Waals surface area contributed by atoms with Crippen LogP contribution in [0.5, 0.6) is 0 Å². The lowest BCUT2D eigenvalue weighted by molar-refractivity contribution is 0.371. The van der Waals surface area contributed by atoms with Gasteiger partial charge in [0, 0.05) is 50.8 Å². The number of hydrogen-bond acceptors (Lipinski definition) is 5. The van der Waals surface area contributed by atoms with Gasteiger partial charge in [0.05, 0.1) is 6.04 Å². The van der Waals surface area contributed by atoms with E-state index in [-0.39, 0.29) is 6.04 Å². The van der Waals surface area contributed by atoms with Crippen molar-refractivity contribution in [2.45, 2.75) is 46.2 Å². The Kier molecular flexibility index (Phi) is 6.03. The summed E-state index contributed by atoms with van der Waals surface area (Å²) in [6.07, 6.45) is 11.5. The average Bonchev–Trinajstić information content (AvgIpc) is 3.17. The minimum absolute atomic E-state index is 0.185. The number of nitriles is 1. The van der Waals surface area contributed by atoms with E-state index in [4.69, 9.17) is 5.26 Å². The number of aromatic nitrogens is 4. The Labute approximate surface area is 137 Å². The van der Waals surface area contributed by atoms with Crippen LogP contribution in [0.4, 0.5) is 0 Å². The highest BCUT2D eigenvalue weighted by Crippen LogP contribution is 2.07. The van der Waals surface area contributed by atoms with Crippen LogP contribution in [0.1, 0.15) is 31.9 Å². The van der Waals surface area contributed by atoms with Crippen molar-refractivity contribution in [1.29, 1.82) is 5.26 Å². The van der Waals surface area contributed by atoms with Crippen molar-refractivity contribution in [2.75, 3.05) is 18.5 Å². The van der Waals surface area contributed by atoms with Crippen molar-refractivity contribution < 1.29 is 0 Å². The molecule has 0 aliphatic rings. The molecule has 1 atom stereocenters. The van der Waals surface area contributed by atoms with Gasteiger partial charge in [0.1, 0.15) is 11.6 Å². The predicted octanol–water partition coefficient (Wildman–Crippen LogP) is 1.76. The fourth-order valence-electron chi connectivity index (χ4n) is 2.56. The third-order valence-electron chi connectivity index (χ3n) is 3.95. The lowest BCUT2D eigenvalue weighted by atomic mass is 10.2. The monoisotopic (exact) mass is 315 g/mol. The van der Waals surface area contributed by atoms with Crippen LogP contribution < -0.4 is 5.43 Å². The number of imidazole rings is 2. The topological polar surface area (TPSA) is 74.7 Å². The summed E-state index contributed by atoms with van der Waals surface area (Å²) in [4.78, 5) is 10.4. The molecule has 1 unspecified atom stereocenters. The van der Waals surface area contributed by atoms with Crippen molar-refractivity contribution in [3.63, 3.8) is 0 Å². The van der Waals surface area contributed by atoms with Gasteiger partial charge in [0.15, 0.2) is 6.19 Å². The molecule has 0 fully saturated rings. The first-order valence-corrected chi connectivity index (χ1v) is 8.09. The van der Waals surface area contributed by atoms with Gasteiger partial charge in [-0.2, -0.15) is 5.26 Å². The summed E-state index contributed by atoms with van der Waals surface area (Å²) in [5, 5.41) is 9.10. The van der Waals surface area contributed by atoms with Crippen LogP contribution in [0.15, 0.2) is 24.8 Å². The van der Waals surface area contributed by atoms with E-state index in [1.807, 2.05) is 37.1 Å². The first-order chi connectivity index (χ1) is 11.2. The maximum absolute atomic E-state index is 9.10. The van der Waals surface area contributed by atoms with Crippen LogP contribution in [0.25, 0.3) is 0 Å². The van der Waals surface area contributed by atoms with Crippen molar-refractivity contribution in [1.82, 2.24) is 24.1 Å². The number of nitrogens with one attached hydrogen (secondary N) is 1. The Balaban J connectivity index is 2.07. The van der Waals surface area contributed by atoms with Gasteiger partial charge in [-0.25, -0.2) is 9.97 Å². The van der Waals surface area contributed by atoms with Crippen LogP contribution in [0.3, 0.4) is 0 Å². The van der Waals surface area contributed by atoms with E-state index < -0.39 is 0 Å². The molecule has 0 aliphatic heterocycles. The van der Waals surface area contributed by atoms with Gasteiger partial charge in [-0.1, -0.05) is 6.92 Å². The van der Waals surface area contributed by atoms with Crippen molar-refractivity contribution in [3.8, 4) is 6.19 Å². The molecule has 2 aromatic rings. The number of nitrogens with zero attached hydrogens (tertiary/aromatic N) is 6. The molecule has 1 N–H and O–H groups in total.